The Labute approximate surface area is 115 Å². The van der Waals surface area contributed by atoms with E-state index in [0.717, 1.165) is 25.6 Å². The molecule has 1 fully saturated rings. The average Bonchev–Trinajstić information content (AvgIpc) is 3.18. The minimum Gasteiger partial charge on any atom is -0.346 e. The fraction of sp³-hybridized carbons (Fsp3) is 0.412. The maximum Gasteiger partial charge on any atom is 0.0473 e. The van der Waals surface area contributed by atoms with Crippen molar-refractivity contribution in [3.8, 4) is 0 Å². The van der Waals surface area contributed by atoms with Crippen LogP contribution in [-0.4, -0.2) is 10.6 Å². The third kappa shape index (κ3) is 3.27. The predicted molar refractivity (Wildman–Crippen MR) is 79.2 cm³/mol. The topological polar surface area (TPSA) is 17.0 Å². The molecule has 1 aliphatic rings. The second-order valence-corrected chi connectivity index (χ2v) is 5.45. The van der Waals surface area contributed by atoms with Gasteiger partial charge in [0, 0.05) is 31.0 Å². The minimum absolute atomic E-state index is 0.771. The fourth-order valence-electron chi connectivity index (χ4n) is 2.38. The second-order valence-electron chi connectivity index (χ2n) is 5.45. The first-order chi connectivity index (χ1) is 9.35. The molecule has 1 aromatic carbocycles. The molecule has 1 heterocycles. The Balaban J connectivity index is 1.65. The molecule has 0 bridgehead atoms. The summed E-state index contributed by atoms with van der Waals surface area (Å²) >= 11 is 0. The van der Waals surface area contributed by atoms with Crippen molar-refractivity contribution >= 4 is 0 Å². The molecule has 19 heavy (non-hydrogen) atoms. The van der Waals surface area contributed by atoms with Gasteiger partial charge in [0.05, 0.1) is 0 Å². The Morgan fingerprint density at radius 3 is 2.53 bits per heavy atom. The molecule has 0 unspecified atom stereocenters. The molecule has 2 aromatic rings. The summed E-state index contributed by atoms with van der Waals surface area (Å²) in [6.45, 7) is 4.16. The number of benzene rings is 1. The van der Waals surface area contributed by atoms with E-state index in [1.165, 1.54) is 29.7 Å². The highest BCUT2D eigenvalue weighted by Crippen LogP contribution is 2.19. The van der Waals surface area contributed by atoms with Gasteiger partial charge in [-0.1, -0.05) is 31.2 Å². The van der Waals surface area contributed by atoms with Crippen molar-refractivity contribution in [2.24, 2.45) is 0 Å². The first kappa shape index (κ1) is 12.5. The average molecular weight is 254 g/mol. The van der Waals surface area contributed by atoms with Crippen molar-refractivity contribution in [2.45, 2.75) is 45.3 Å². The highest BCUT2D eigenvalue weighted by Gasteiger charge is 2.20. The van der Waals surface area contributed by atoms with E-state index in [1.54, 1.807) is 0 Å². The van der Waals surface area contributed by atoms with Crippen molar-refractivity contribution in [3.05, 3.63) is 59.4 Å². The first-order valence-corrected chi connectivity index (χ1v) is 7.30. The Bertz CT molecular complexity index is 520. The van der Waals surface area contributed by atoms with Gasteiger partial charge in [0.25, 0.3) is 0 Å². The number of hydrogen-bond donors (Lipinski definition) is 1. The lowest BCUT2D eigenvalue weighted by atomic mass is 10.1. The molecule has 1 aromatic heterocycles. The number of nitrogens with zero attached hydrogens (tertiary/aromatic N) is 1. The molecule has 1 aliphatic carbocycles. The van der Waals surface area contributed by atoms with Crippen LogP contribution in [0.2, 0.25) is 0 Å². The van der Waals surface area contributed by atoms with E-state index in [-0.39, 0.29) is 0 Å². The van der Waals surface area contributed by atoms with Crippen molar-refractivity contribution in [3.63, 3.8) is 0 Å². The van der Waals surface area contributed by atoms with E-state index in [2.05, 4.69) is 59.4 Å². The van der Waals surface area contributed by atoms with Crippen LogP contribution in [-0.2, 0) is 19.5 Å². The van der Waals surface area contributed by atoms with Crippen LogP contribution in [0.4, 0.5) is 0 Å². The van der Waals surface area contributed by atoms with Crippen LogP contribution in [0.5, 0.6) is 0 Å². The molecular formula is C17H22N2. The van der Waals surface area contributed by atoms with Gasteiger partial charge in [-0.15, -0.1) is 0 Å². The van der Waals surface area contributed by atoms with Gasteiger partial charge < -0.3 is 9.88 Å². The smallest absolute Gasteiger partial charge is 0.0473 e. The third-order valence-corrected chi connectivity index (χ3v) is 3.86. The molecule has 0 saturated heterocycles. The summed E-state index contributed by atoms with van der Waals surface area (Å²) in [5.41, 5.74) is 4.17. The van der Waals surface area contributed by atoms with Crippen LogP contribution < -0.4 is 5.32 Å². The van der Waals surface area contributed by atoms with E-state index in [9.17, 15) is 0 Å². The van der Waals surface area contributed by atoms with Gasteiger partial charge >= 0.3 is 0 Å². The summed E-state index contributed by atoms with van der Waals surface area (Å²) < 4.78 is 2.34. The van der Waals surface area contributed by atoms with Gasteiger partial charge in [-0.05, 0) is 42.5 Å². The first-order valence-electron chi connectivity index (χ1n) is 7.30. The Morgan fingerprint density at radius 1 is 1.11 bits per heavy atom. The number of aryl methyl sites for hydroxylation is 1. The normalized spacial score (nSPS) is 14.8. The predicted octanol–water partition coefficient (Wildman–Crippen LogP) is 3.35. The Morgan fingerprint density at radius 2 is 1.84 bits per heavy atom. The van der Waals surface area contributed by atoms with Crippen LogP contribution in [0.25, 0.3) is 0 Å². The quantitative estimate of drug-likeness (QED) is 0.836. The lowest BCUT2D eigenvalue weighted by molar-refractivity contribution is 0.634. The minimum atomic E-state index is 0.771. The van der Waals surface area contributed by atoms with Crippen LogP contribution in [0.1, 0.15) is 36.6 Å². The monoisotopic (exact) mass is 254 g/mol. The number of hydrogen-bond acceptors (Lipinski definition) is 1. The molecule has 100 valence electrons. The zero-order chi connectivity index (χ0) is 13.1. The van der Waals surface area contributed by atoms with E-state index >= 15 is 0 Å². The van der Waals surface area contributed by atoms with Crippen LogP contribution in [0, 0.1) is 0 Å². The maximum atomic E-state index is 3.58. The fourth-order valence-corrected chi connectivity index (χ4v) is 2.38. The van der Waals surface area contributed by atoms with Crippen LogP contribution >= 0.6 is 0 Å². The van der Waals surface area contributed by atoms with Gasteiger partial charge in [0.15, 0.2) is 0 Å². The number of nitrogens with one attached hydrogen (secondary N) is 1. The summed E-state index contributed by atoms with van der Waals surface area (Å²) in [7, 11) is 0. The molecular weight excluding hydrogens is 232 g/mol. The summed E-state index contributed by atoms with van der Waals surface area (Å²) in [6.07, 6.45) is 5.98. The van der Waals surface area contributed by atoms with Gasteiger partial charge in [-0.2, -0.15) is 0 Å². The molecule has 0 radical (unpaired) electrons. The number of rotatable bonds is 6. The lowest BCUT2D eigenvalue weighted by Crippen LogP contribution is -2.18. The van der Waals surface area contributed by atoms with Crippen LogP contribution in [0.15, 0.2) is 42.6 Å². The summed E-state index contributed by atoms with van der Waals surface area (Å²) in [5, 5.41) is 3.58. The largest absolute Gasteiger partial charge is 0.346 e. The van der Waals surface area contributed by atoms with Gasteiger partial charge in [0.2, 0.25) is 0 Å². The van der Waals surface area contributed by atoms with Crippen LogP contribution in [0.3, 0.4) is 0 Å². The molecule has 1 saturated carbocycles. The molecule has 2 nitrogen and oxygen atoms in total. The molecule has 0 amide bonds. The van der Waals surface area contributed by atoms with Gasteiger partial charge in [-0.3, -0.25) is 0 Å². The zero-order valence-electron chi connectivity index (χ0n) is 11.6. The van der Waals surface area contributed by atoms with Gasteiger partial charge in [0.1, 0.15) is 0 Å². The Hall–Kier alpha value is -1.54. The van der Waals surface area contributed by atoms with E-state index in [0.29, 0.717) is 0 Å². The number of aromatic nitrogens is 1. The summed E-state index contributed by atoms with van der Waals surface area (Å²) in [4.78, 5) is 0. The van der Waals surface area contributed by atoms with Gasteiger partial charge in [-0.25, -0.2) is 0 Å². The van der Waals surface area contributed by atoms with E-state index in [4.69, 9.17) is 0 Å². The molecule has 0 aliphatic heterocycles. The maximum absolute atomic E-state index is 3.58. The molecule has 1 N–H and O–H groups in total. The standard InChI is InChI=1S/C17H22N2/c1-2-14-5-7-15(8-6-14)13-19-11-3-4-17(19)12-18-16-9-10-16/h3-8,11,16,18H,2,9-10,12-13H2,1H3. The second kappa shape index (κ2) is 5.62. The van der Waals surface area contributed by atoms with Crippen molar-refractivity contribution in [1.82, 2.24) is 9.88 Å². The highest BCUT2D eigenvalue weighted by molar-refractivity contribution is 5.23. The molecule has 0 atom stereocenters. The van der Waals surface area contributed by atoms with Crippen molar-refractivity contribution < 1.29 is 0 Å². The zero-order valence-corrected chi connectivity index (χ0v) is 11.6. The lowest BCUT2D eigenvalue weighted by Gasteiger charge is -2.10. The van der Waals surface area contributed by atoms with E-state index in [1.807, 2.05) is 0 Å². The Kier molecular flexibility index (Phi) is 3.69. The SMILES string of the molecule is CCc1ccc(Cn2cccc2CNC2CC2)cc1. The third-order valence-electron chi connectivity index (χ3n) is 3.86. The van der Waals surface area contributed by atoms with Crippen molar-refractivity contribution in [2.75, 3.05) is 0 Å². The molecule has 2 heteroatoms. The summed E-state index contributed by atoms with van der Waals surface area (Å²) in [5.74, 6) is 0. The molecule has 0 spiro atoms. The molecule has 3 rings (SSSR count). The summed E-state index contributed by atoms with van der Waals surface area (Å²) in [6, 6.07) is 14.1. The van der Waals surface area contributed by atoms with Crippen molar-refractivity contribution in [1.29, 1.82) is 0 Å². The van der Waals surface area contributed by atoms with E-state index < -0.39 is 0 Å². The highest BCUT2D eigenvalue weighted by atomic mass is 15.0.